The predicted molar refractivity (Wildman–Crippen MR) is 58.3 cm³/mol. The van der Waals surface area contributed by atoms with Gasteiger partial charge in [0.25, 0.3) is 5.56 Å². The lowest BCUT2D eigenvalue weighted by Crippen LogP contribution is -2.32. The standard InChI is InChI=1S/C9H13BrN2O2/c1-11-4-8(13)6-12-5-7(10)2-3-9(12)14/h2-3,5,8,11,13H,4,6H2,1H3. The maximum Gasteiger partial charge on any atom is 0.250 e. The summed E-state index contributed by atoms with van der Waals surface area (Å²) in [6, 6.07) is 3.15. The van der Waals surface area contributed by atoms with E-state index in [9.17, 15) is 9.90 Å². The second kappa shape index (κ2) is 5.29. The minimum absolute atomic E-state index is 0.108. The molecule has 0 saturated carbocycles. The number of hydrogen-bond donors (Lipinski definition) is 2. The van der Waals surface area contributed by atoms with E-state index in [1.54, 1.807) is 19.3 Å². The van der Waals surface area contributed by atoms with Crippen LogP contribution in [-0.2, 0) is 6.54 Å². The van der Waals surface area contributed by atoms with Gasteiger partial charge in [0, 0.05) is 23.3 Å². The maximum absolute atomic E-state index is 11.3. The fraction of sp³-hybridized carbons (Fsp3) is 0.444. The van der Waals surface area contributed by atoms with Gasteiger partial charge in [0.2, 0.25) is 0 Å². The smallest absolute Gasteiger partial charge is 0.250 e. The number of likely N-dealkylation sites (N-methyl/N-ethyl adjacent to an activating group) is 1. The summed E-state index contributed by atoms with van der Waals surface area (Å²) in [5, 5.41) is 12.3. The van der Waals surface area contributed by atoms with Crippen LogP contribution in [0.15, 0.2) is 27.6 Å². The summed E-state index contributed by atoms with van der Waals surface area (Å²) in [5.74, 6) is 0. The SMILES string of the molecule is CNCC(O)Cn1cc(Br)ccc1=O. The number of aliphatic hydroxyl groups excluding tert-OH is 1. The van der Waals surface area contributed by atoms with E-state index in [1.165, 1.54) is 10.6 Å². The number of nitrogens with zero attached hydrogens (tertiary/aromatic N) is 1. The molecule has 0 aliphatic carbocycles. The number of rotatable bonds is 4. The van der Waals surface area contributed by atoms with Crippen molar-refractivity contribution in [2.75, 3.05) is 13.6 Å². The summed E-state index contributed by atoms with van der Waals surface area (Å²) in [4.78, 5) is 11.3. The van der Waals surface area contributed by atoms with Gasteiger partial charge in [-0.15, -0.1) is 0 Å². The Morgan fingerprint density at radius 1 is 1.64 bits per heavy atom. The van der Waals surface area contributed by atoms with Crippen molar-refractivity contribution in [2.45, 2.75) is 12.6 Å². The summed E-state index contributed by atoms with van der Waals surface area (Å²) < 4.78 is 2.31. The van der Waals surface area contributed by atoms with Crippen molar-refractivity contribution in [3.05, 3.63) is 33.2 Å². The monoisotopic (exact) mass is 260 g/mol. The highest BCUT2D eigenvalue weighted by atomic mass is 79.9. The zero-order chi connectivity index (χ0) is 10.6. The minimum atomic E-state index is -0.549. The van der Waals surface area contributed by atoms with Crippen LogP contribution < -0.4 is 10.9 Å². The van der Waals surface area contributed by atoms with E-state index in [1.807, 2.05) is 0 Å². The quantitative estimate of drug-likeness (QED) is 0.813. The van der Waals surface area contributed by atoms with Crippen molar-refractivity contribution in [3.8, 4) is 0 Å². The average Bonchev–Trinajstić information content (AvgIpc) is 2.12. The van der Waals surface area contributed by atoms with E-state index in [4.69, 9.17) is 0 Å². The van der Waals surface area contributed by atoms with Crippen LogP contribution in [-0.4, -0.2) is 29.4 Å². The molecule has 1 aromatic heterocycles. The normalized spacial score (nSPS) is 12.8. The second-order valence-electron chi connectivity index (χ2n) is 3.05. The third-order valence-corrected chi connectivity index (χ3v) is 2.26. The van der Waals surface area contributed by atoms with Gasteiger partial charge in [-0.1, -0.05) is 0 Å². The molecule has 14 heavy (non-hydrogen) atoms. The third kappa shape index (κ3) is 3.25. The van der Waals surface area contributed by atoms with E-state index < -0.39 is 6.10 Å². The first-order chi connectivity index (χ1) is 6.63. The molecule has 2 N–H and O–H groups in total. The molecule has 0 aliphatic rings. The van der Waals surface area contributed by atoms with E-state index in [2.05, 4.69) is 21.2 Å². The van der Waals surface area contributed by atoms with Gasteiger partial charge in [0.05, 0.1) is 12.6 Å². The number of hydrogen-bond acceptors (Lipinski definition) is 3. The van der Waals surface area contributed by atoms with Crippen LogP contribution in [0.1, 0.15) is 0 Å². The summed E-state index contributed by atoms with van der Waals surface area (Å²) >= 11 is 3.27. The molecule has 5 heteroatoms. The molecule has 1 aromatic rings. The Morgan fingerprint density at radius 3 is 3.00 bits per heavy atom. The summed E-state index contributed by atoms with van der Waals surface area (Å²) in [6.45, 7) is 0.776. The van der Waals surface area contributed by atoms with Crippen LogP contribution in [0.2, 0.25) is 0 Å². The molecule has 0 aromatic carbocycles. The molecule has 0 saturated heterocycles. The molecule has 4 nitrogen and oxygen atoms in total. The zero-order valence-electron chi connectivity index (χ0n) is 7.90. The van der Waals surface area contributed by atoms with E-state index in [0.717, 1.165) is 4.47 Å². The Morgan fingerprint density at radius 2 is 2.36 bits per heavy atom. The first kappa shape index (κ1) is 11.4. The van der Waals surface area contributed by atoms with Crippen molar-refractivity contribution in [3.63, 3.8) is 0 Å². The second-order valence-corrected chi connectivity index (χ2v) is 3.97. The van der Waals surface area contributed by atoms with Crippen LogP contribution in [0.3, 0.4) is 0 Å². The molecule has 1 rings (SSSR count). The molecule has 0 radical (unpaired) electrons. The number of nitrogens with one attached hydrogen (secondary N) is 1. The number of halogens is 1. The van der Waals surface area contributed by atoms with Crippen molar-refractivity contribution >= 4 is 15.9 Å². The van der Waals surface area contributed by atoms with Crippen LogP contribution in [0.25, 0.3) is 0 Å². The Balaban J connectivity index is 2.75. The molecule has 0 fully saturated rings. The number of aromatic nitrogens is 1. The highest BCUT2D eigenvalue weighted by molar-refractivity contribution is 9.10. The fourth-order valence-corrected chi connectivity index (χ4v) is 1.55. The lowest BCUT2D eigenvalue weighted by Gasteiger charge is -2.11. The van der Waals surface area contributed by atoms with Gasteiger partial charge in [-0.25, -0.2) is 0 Å². The van der Waals surface area contributed by atoms with Gasteiger partial charge in [0.15, 0.2) is 0 Å². The molecule has 0 aliphatic heterocycles. The lowest BCUT2D eigenvalue weighted by atomic mass is 10.3. The van der Waals surface area contributed by atoms with Crippen molar-refractivity contribution < 1.29 is 5.11 Å². The van der Waals surface area contributed by atoms with Gasteiger partial charge in [0.1, 0.15) is 0 Å². The fourth-order valence-electron chi connectivity index (χ4n) is 1.17. The topological polar surface area (TPSA) is 54.3 Å². The Labute approximate surface area is 90.7 Å². The van der Waals surface area contributed by atoms with Crippen LogP contribution in [0.4, 0.5) is 0 Å². The van der Waals surface area contributed by atoms with Crippen LogP contribution in [0.5, 0.6) is 0 Å². The molecule has 1 unspecified atom stereocenters. The van der Waals surface area contributed by atoms with Crippen molar-refractivity contribution in [1.82, 2.24) is 9.88 Å². The van der Waals surface area contributed by atoms with Gasteiger partial charge < -0.3 is 15.0 Å². The molecule has 78 valence electrons. The lowest BCUT2D eigenvalue weighted by molar-refractivity contribution is 0.152. The Kier molecular flexibility index (Phi) is 4.31. The van der Waals surface area contributed by atoms with Crippen molar-refractivity contribution in [1.29, 1.82) is 0 Å². The molecular formula is C9H13BrN2O2. The van der Waals surface area contributed by atoms with Gasteiger partial charge in [-0.2, -0.15) is 0 Å². The average molecular weight is 261 g/mol. The summed E-state index contributed by atoms with van der Waals surface area (Å²) in [7, 11) is 1.76. The highest BCUT2D eigenvalue weighted by Gasteiger charge is 2.04. The van der Waals surface area contributed by atoms with Gasteiger partial charge in [-0.3, -0.25) is 4.79 Å². The number of aliphatic hydroxyl groups is 1. The predicted octanol–water partition coefficient (Wildman–Crippen LogP) is 0.191. The Hall–Kier alpha value is -0.650. The highest BCUT2D eigenvalue weighted by Crippen LogP contribution is 2.05. The maximum atomic E-state index is 11.3. The molecular weight excluding hydrogens is 248 g/mol. The first-order valence-corrected chi connectivity index (χ1v) is 5.11. The van der Waals surface area contributed by atoms with E-state index in [-0.39, 0.29) is 5.56 Å². The van der Waals surface area contributed by atoms with E-state index in [0.29, 0.717) is 13.1 Å². The molecule has 0 bridgehead atoms. The summed E-state index contributed by atoms with van der Waals surface area (Å²) in [6.07, 6.45) is 1.12. The molecule has 1 atom stereocenters. The molecule has 0 spiro atoms. The van der Waals surface area contributed by atoms with Crippen molar-refractivity contribution in [2.24, 2.45) is 0 Å². The Bertz CT molecular complexity index is 351. The third-order valence-electron chi connectivity index (χ3n) is 1.79. The van der Waals surface area contributed by atoms with Gasteiger partial charge >= 0.3 is 0 Å². The van der Waals surface area contributed by atoms with Crippen LogP contribution in [0, 0.1) is 0 Å². The van der Waals surface area contributed by atoms with Crippen LogP contribution >= 0.6 is 15.9 Å². The summed E-state index contributed by atoms with van der Waals surface area (Å²) in [5.41, 5.74) is -0.108. The number of pyridine rings is 1. The molecule has 1 heterocycles. The largest absolute Gasteiger partial charge is 0.390 e. The minimum Gasteiger partial charge on any atom is -0.390 e. The van der Waals surface area contributed by atoms with E-state index >= 15 is 0 Å². The first-order valence-electron chi connectivity index (χ1n) is 4.32. The van der Waals surface area contributed by atoms with Gasteiger partial charge in [-0.05, 0) is 29.0 Å². The molecule has 0 amide bonds. The zero-order valence-corrected chi connectivity index (χ0v) is 9.49.